The summed E-state index contributed by atoms with van der Waals surface area (Å²) < 4.78 is 0.869. The number of amides is 3. The van der Waals surface area contributed by atoms with Gasteiger partial charge in [-0.05, 0) is 36.5 Å². The molecule has 0 aliphatic heterocycles. The van der Waals surface area contributed by atoms with Gasteiger partial charge in [-0.1, -0.05) is 53.0 Å². The van der Waals surface area contributed by atoms with Gasteiger partial charge < -0.3 is 5.32 Å². The van der Waals surface area contributed by atoms with Crippen molar-refractivity contribution in [3.8, 4) is 0 Å². The molecule has 12 heteroatoms. The first-order valence-corrected chi connectivity index (χ1v) is 11.4. The van der Waals surface area contributed by atoms with E-state index in [1.54, 1.807) is 12.1 Å². The summed E-state index contributed by atoms with van der Waals surface area (Å²) in [4.78, 5) is 36.7. The highest BCUT2D eigenvalue weighted by atomic mass is 35.5. The van der Waals surface area contributed by atoms with E-state index in [1.165, 1.54) is 17.4 Å². The zero-order chi connectivity index (χ0) is 23.3. The molecule has 0 radical (unpaired) electrons. The van der Waals surface area contributed by atoms with Gasteiger partial charge in [-0.3, -0.25) is 30.6 Å². The minimum absolute atomic E-state index is 0.0943. The number of benzene rings is 2. The monoisotopic (exact) mass is 528 g/mol. The maximum absolute atomic E-state index is 12.4. The summed E-state index contributed by atoms with van der Waals surface area (Å²) >= 11 is 24.3. The molecule has 0 atom stereocenters. The molecule has 2 aromatic carbocycles. The van der Waals surface area contributed by atoms with Crippen molar-refractivity contribution >= 4 is 97.0 Å². The smallest absolute Gasteiger partial charge is 0.269 e. The number of halogens is 3. The van der Waals surface area contributed by atoms with Crippen LogP contribution in [0, 0.1) is 0 Å². The minimum atomic E-state index is -0.501. The van der Waals surface area contributed by atoms with Crippen LogP contribution >= 0.6 is 58.4 Å². The lowest BCUT2D eigenvalue weighted by Gasteiger charge is -2.11. The van der Waals surface area contributed by atoms with Gasteiger partial charge in [0.25, 0.3) is 5.91 Å². The van der Waals surface area contributed by atoms with Crippen LogP contribution in [0.4, 0.5) is 5.69 Å². The molecule has 3 aromatic rings. The number of hydrazine groups is 1. The minimum Gasteiger partial charge on any atom is -0.325 e. The molecule has 166 valence electrons. The first kappa shape index (κ1) is 24.2. The van der Waals surface area contributed by atoms with E-state index in [1.807, 2.05) is 24.3 Å². The molecule has 3 rings (SSSR count). The molecule has 3 amide bonds. The number of hydrogen-bond acceptors (Lipinski definition) is 5. The first-order chi connectivity index (χ1) is 15.2. The molecule has 1 heterocycles. The van der Waals surface area contributed by atoms with Crippen LogP contribution in [-0.2, 0) is 9.59 Å². The predicted molar refractivity (Wildman–Crippen MR) is 133 cm³/mol. The Morgan fingerprint density at radius 2 is 1.66 bits per heavy atom. The fourth-order valence-corrected chi connectivity index (χ4v) is 4.58. The average molecular weight is 530 g/mol. The third-order valence-electron chi connectivity index (χ3n) is 4.07. The van der Waals surface area contributed by atoms with Crippen LogP contribution in [0.15, 0.2) is 42.5 Å². The van der Waals surface area contributed by atoms with E-state index in [9.17, 15) is 14.4 Å². The van der Waals surface area contributed by atoms with Gasteiger partial charge in [0.1, 0.15) is 4.88 Å². The third kappa shape index (κ3) is 6.30. The highest BCUT2D eigenvalue weighted by Gasteiger charge is 2.18. The Hall–Kier alpha value is -2.43. The van der Waals surface area contributed by atoms with Crippen LogP contribution in [0.1, 0.15) is 22.5 Å². The van der Waals surface area contributed by atoms with E-state index in [2.05, 4.69) is 21.5 Å². The Labute approximate surface area is 207 Å². The van der Waals surface area contributed by atoms with Crippen molar-refractivity contribution in [2.45, 2.75) is 12.8 Å². The fourth-order valence-electron chi connectivity index (χ4n) is 2.57. The molecule has 0 unspecified atom stereocenters. The van der Waals surface area contributed by atoms with Crippen LogP contribution in [0.2, 0.25) is 15.1 Å². The normalized spacial score (nSPS) is 10.5. The van der Waals surface area contributed by atoms with Crippen molar-refractivity contribution in [3.63, 3.8) is 0 Å². The second-order valence-corrected chi connectivity index (χ2v) is 9.05. The lowest BCUT2D eigenvalue weighted by Crippen LogP contribution is -2.48. The lowest BCUT2D eigenvalue weighted by molar-refractivity contribution is -0.124. The molecule has 0 saturated carbocycles. The molecule has 0 aliphatic rings. The van der Waals surface area contributed by atoms with Crippen LogP contribution in [0.25, 0.3) is 10.1 Å². The second kappa shape index (κ2) is 10.9. The summed E-state index contributed by atoms with van der Waals surface area (Å²) in [6.45, 7) is 0. The van der Waals surface area contributed by atoms with Crippen molar-refractivity contribution in [1.29, 1.82) is 0 Å². The summed E-state index contributed by atoms with van der Waals surface area (Å²) in [6.07, 6.45) is -0.217. The second-order valence-electron chi connectivity index (χ2n) is 6.37. The largest absolute Gasteiger partial charge is 0.325 e. The Morgan fingerprint density at radius 3 is 2.38 bits per heavy atom. The SMILES string of the molecule is O=C(CCC(=O)Nc1ccc(Cl)cc1Cl)NNC(=S)NC(=O)c1sc2ccccc2c1Cl. The molecule has 1 aromatic heterocycles. The Morgan fingerprint density at radius 1 is 0.938 bits per heavy atom. The molecule has 4 N–H and O–H groups in total. The zero-order valence-corrected chi connectivity index (χ0v) is 20.0. The molecule has 0 bridgehead atoms. The summed E-state index contributed by atoms with van der Waals surface area (Å²) in [7, 11) is 0. The van der Waals surface area contributed by atoms with Gasteiger partial charge in [0.15, 0.2) is 5.11 Å². The fraction of sp³-hybridized carbons (Fsp3) is 0.100. The number of nitrogens with one attached hydrogen (secondary N) is 4. The number of rotatable bonds is 5. The predicted octanol–water partition coefficient (Wildman–Crippen LogP) is 4.92. The van der Waals surface area contributed by atoms with E-state index in [0.717, 1.165) is 10.1 Å². The molecule has 0 spiro atoms. The van der Waals surface area contributed by atoms with Crippen LogP contribution in [0.5, 0.6) is 0 Å². The summed E-state index contributed by atoms with van der Waals surface area (Å²) in [5.41, 5.74) is 5.13. The van der Waals surface area contributed by atoms with Crippen molar-refractivity contribution < 1.29 is 14.4 Å². The molecular formula is C20H15Cl3N4O3S2. The van der Waals surface area contributed by atoms with E-state index in [0.29, 0.717) is 20.6 Å². The van der Waals surface area contributed by atoms with Crippen LogP contribution in [0.3, 0.4) is 0 Å². The van der Waals surface area contributed by atoms with Crippen LogP contribution < -0.4 is 21.5 Å². The Balaban J connectivity index is 1.43. The molecule has 0 fully saturated rings. The third-order valence-corrected chi connectivity index (χ3v) is 6.49. The maximum atomic E-state index is 12.4. The number of thiophene rings is 1. The quantitative estimate of drug-likeness (QED) is 0.278. The average Bonchev–Trinajstić information content (AvgIpc) is 3.10. The van der Waals surface area contributed by atoms with E-state index in [-0.39, 0.29) is 23.0 Å². The summed E-state index contributed by atoms with van der Waals surface area (Å²) in [5.74, 6) is -1.40. The standard InChI is InChI=1S/C20H15Cl3N4O3S2/c21-10-5-6-13(12(22)9-10)24-15(28)7-8-16(29)26-27-20(31)25-19(30)18-17(23)11-3-1-2-4-14(11)32-18/h1-6,9H,7-8H2,(H,24,28)(H,26,29)(H2,25,27,30,31). The van der Waals surface area contributed by atoms with Gasteiger partial charge in [-0.15, -0.1) is 11.3 Å². The van der Waals surface area contributed by atoms with E-state index in [4.69, 9.17) is 47.0 Å². The molecule has 0 aliphatic carbocycles. The highest BCUT2D eigenvalue weighted by molar-refractivity contribution is 7.80. The molecular weight excluding hydrogens is 515 g/mol. The van der Waals surface area contributed by atoms with Crippen molar-refractivity contribution in [1.82, 2.24) is 16.2 Å². The number of carbonyl (C=O) groups is 3. The number of anilines is 1. The molecule has 7 nitrogen and oxygen atoms in total. The Bertz CT molecular complexity index is 1220. The highest BCUT2D eigenvalue weighted by Crippen LogP contribution is 2.34. The van der Waals surface area contributed by atoms with Crippen LogP contribution in [-0.4, -0.2) is 22.8 Å². The lowest BCUT2D eigenvalue weighted by atomic mass is 10.2. The Kier molecular flexibility index (Phi) is 8.27. The summed E-state index contributed by atoms with van der Waals surface area (Å²) in [5, 5.41) is 6.76. The van der Waals surface area contributed by atoms with Gasteiger partial charge >= 0.3 is 0 Å². The van der Waals surface area contributed by atoms with Gasteiger partial charge in [0, 0.05) is 28.0 Å². The maximum Gasteiger partial charge on any atom is 0.269 e. The topological polar surface area (TPSA) is 99.3 Å². The van der Waals surface area contributed by atoms with Gasteiger partial charge in [-0.2, -0.15) is 0 Å². The number of hydrogen-bond donors (Lipinski definition) is 4. The van der Waals surface area contributed by atoms with E-state index >= 15 is 0 Å². The molecule has 32 heavy (non-hydrogen) atoms. The van der Waals surface area contributed by atoms with E-state index < -0.39 is 17.7 Å². The van der Waals surface area contributed by atoms with Gasteiger partial charge in [0.05, 0.1) is 15.7 Å². The zero-order valence-electron chi connectivity index (χ0n) is 16.1. The van der Waals surface area contributed by atoms with Crippen molar-refractivity contribution in [3.05, 3.63) is 62.4 Å². The first-order valence-electron chi connectivity index (χ1n) is 9.06. The number of fused-ring (bicyclic) bond motifs is 1. The number of thiocarbonyl (C=S) groups is 1. The number of carbonyl (C=O) groups excluding carboxylic acids is 3. The van der Waals surface area contributed by atoms with Gasteiger partial charge in [0.2, 0.25) is 11.8 Å². The molecule has 0 saturated heterocycles. The summed E-state index contributed by atoms with van der Waals surface area (Å²) in [6, 6.07) is 12.0. The van der Waals surface area contributed by atoms with Crippen molar-refractivity contribution in [2.75, 3.05) is 5.32 Å². The van der Waals surface area contributed by atoms with Gasteiger partial charge in [-0.25, -0.2) is 0 Å². The van der Waals surface area contributed by atoms with Crippen molar-refractivity contribution in [2.24, 2.45) is 0 Å².